The summed E-state index contributed by atoms with van der Waals surface area (Å²) in [6.45, 7) is 4.60. The highest BCUT2D eigenvalue weighted by Crippen LogP contribution is 2.20. The number of carbonyl (C=O) groups is 1. The van der Waals surface area contributed by atoms with Crippen molar-refractivity contribution in [1.82, 2.24) is 10.2 Å². The molecule has 2 N–H and O–H groups in total. The standard InChI is InChI=1S/C13H18BrN3O/c1-9-7-10(3-4-11(9)14)16-13(18)12-8-17(2)6-5-15-12/h3-4,7,12,15H,5-6,8H2,1-2H3,(H,16,18). The first-order chi connectivity index (χ1) is 8.56. The number of benzene rings is 1. The predicted octanol–water partition coefficient (Wildman–Crippen LogP) is 1.60. The van der Waals surface area contributed by atoms with Crippen molar-refractivity contribution in [1.29, 1.82) is 0 Å². The van der Waals surface area contributed by atoms with Crippen LogP contribution in [0.15, 0.2) is 22.7 Å². The molecular weight excluding hydrogens is 294 g/mol. The van der Waals surface area contributed by atoms with Gasteiger partial charge in [0.2, 0.25) is 5.91 Å². The highest BCUT2D eigenvalue weighted by Gasteiger charge is 2.23. The minimum atomic E-state index is -0.132. The Morgan fingerprint density at radius 1 is 1.56 bits per heavy atom. The predicted molar refractivity (Wildman–Crippen MR) is 76.8 cm³/mol. The summed E-state index contributed by atoms with van der Waals surface area (Å²) in [5.74, 6) is 0.0308. The fourth-order valence-electron chi connectivity index (χ4n) is 2.02. The number of hydrogen-bond acceptors (Lipinski definition) is 3. The van der Waals surface area contributed by atoms with E-state index in [0.29, 0.717) is 0 Å². The van der Waals surface area contributed by atoms with Gasteiger partial charge in [-0.2, -0.15) is 0 Å². The maximum absolute atomic E-state index is 12.1. The highest BCUT2D eigenvalue weighted by atomic mass is 79.9. The molecular formula is C13H18BrN3O. The number of hydrogen-bond donors (Lipinski definition) is 2. The fourth-order valence-corrected chi connectivity index (χ4v) is 2.27. The summed E-state index contributed by atoms with van der Waals surface area (Å²) >= 11 is 3.45. The average Bonchev–Trinajstić information content (AvgIpc) is 2.34. The average molecular weight is 312 g/mol. The van der Waals surface area contributed by atoms with E-state index in [-0.39, 0.29) is 11.9 Å². The molecule has 0 saturated carbocycles. The van der Waals surface area contributed by atoms with Crippen LogP contribution in [0.3, 0.4) is 0 Å². The monoisotopic (exact) mass is 311 g/mol. The van der Waals surface area contributed by atoms with Crippen LogP contribution in [0.5, 0.6) is 0 Å². The summed E-state index contributed by atoms with van der Waals surface area (Å²) in [5, 5.41) is 6.18. The number of anilines is 1. The van der Waals surface area contributed by atoms with Crippen molar-refractivity contribution in [2.24, 2.45) is 0 Å². The molecule has 1 fully saturated rings. The largest absolute Gasteiger partial charge is 0.325 e. The van der Waals surface area contributed by atoms with Gasteiger partial charge in [0.1, 0.15) is 0 Å². The third kappa shape index (κ3) is 3.31. The summed E-state index contributed by atoms with van der Waals surface area (Å²) in [5.41, 5.74) is 1.96. The van der Waals surface area contributed by atoms with E-state index in [1.165, 1.54) is 0 Å². The van der Waals surface area contributed by atoms with Gasteiger partial charge in [0.15, 0.2) is 0 Å². The molecule has 1 aromatic carbocycles. The van der Waals surface area contributed by atoms with Crippen molar-refractivity contribution in [3.63, 3.8) is 0 Å². The number of piperazine rings is 1. The zero-order valence-electron chi connectivity index (χ0n) is 10.7. The third-order valence-electron chi connectivity index (χ3n) is 3.12. The van der Waals surface area contributed by atoms with E-state index in [4.69, 9.17) is 0 Å². The van der Waals surface area contributed by atoms with Crippen LogP contribution in [0.1, 0.15) is 5.56 Å². The lowest BCUT2D eigenvalue weighted by Crippen LogP contribution is -2.54. The Morgan fingerprint density at radius 2 is 2.33 bits per heavy atom. The number of rotatable bonds is 2. The molecule has 0 spiro atoms. The van der Waals surface area contributed by atoms with Gasteiger partial charge in [0.25, 0.3) is 0 Å². The number of nitrogens with one attached hydrogen (secondary N) is 2. The first-order valence-electron chi connectivity index (χ1n) is 6.05. The molecule has 0 aromatic heterocycles. The second-order valence-corrected chi connectivity index (χ2v) is 5.58. The molecule has 18 heavy (non-hydrogen) atoms. The summed E-state index contributed by atoms with van der Waals surface area (Å²) in [6.07, 6.45) is 0. The zero-order chi connectivity index (χ0) is 13.1. The Morgan fingerprint density at radius 3 is 3.00 bits per heavy atom. The quantitative estimate of drug-likeness (QED) is 0.872. The van der Waals surface area contributed by atoms with Crippen LogP contribution in [-0.2, 0) is 4.79 Å². The molecule has 5 heteroatoms. The lowest BCUT2D eigenvalue weighted by Gasteiger charge is -2.29. The van der Waals surface area contributed by atoms with Gasteiger partial charge in [0, 0.05) is 29.8 Å². The topological polar surface area (TPSA) is 44.4 Å². The summed E-state index contributed by atoms with van der Waals surface area (Å²) in [4.78, 5) is 14.3. The van der Waals surface area contributed by atoms with Gasteiger partial charge >= 0.3 is 0 Å². The van der Waals surface area contributed by atoms with E-state index in [1.54, 1.807) is 0 Å². The molecule has 0 radical (unpaired) electrons. The third-order valence-corrected chi connectivity index (χ3v) is 4.01. The molecule has 1 aromatic rings. The molecule has 1 heterocycles. The maximum atomic E-state index is 12.1. The van der Waals surface area contributed by atoms with Crippen LogP contribution in [-0.4, -0.2) is 43.5 Å². The Balaban J connectivity index is 2.00. The second kappa shape index (κ2) is 5.82. The SMILES string of the molecule is Cc1cc(NC(=O)C2CN(C)CCN2)ccc1Br. The smallest absolute Gasteiger partial charge is 0.242 e. The summed E-state index contributed by atoms with van der Waals surface area (Å²) in [7, 11) is 2.03. The van der Waals surface area contributed by atoms with Gasteiger partial charge in [-0.3, -0.25) is 4.79 Å². The van der Waals surface area contributed by atoms with Gasteiger partial charge in [-0.1, -0.05) is 15.9 Å². The van der Waals surface area contributed by atoms with Gasteiger partial charge in [-0.05, 0) is 37.7 Å². The minimum Gasteiger partial charge on any atom is -0.325 e. The lowest BCUT2D eigenvalue weighted by molar-refractivity contribution is -0.119. The normalized spacial score (nSPS) is 20.7. The van der Waals surface area contributed by atoms with Crippen LogP contribution < -0.4 is 10.6 Å². The molecule has 1 atom stereocenters. The molecule has 1 aliphatic heterocycles. The molecule has 1 saturated heterocycles. The van der Waals surface area contributed by atoms with Gasteiger partial charge < -0.3 is 15.5 Å². The van der Waals surface area contributed by atoms with E-state index in [0.717, 1.165) is 35.4 Å². The van der Waals surface area contributed by atoms with E-state index in [1.807, 2.05) is 32.2 Å². The van der Waals surface area contributed by atoms with Crippen LogP contribution in [0, 0.1) is 6.92 Å². The van der Waals surface area contributed by atoms with E-state index in [9.17, 15) is 4.79 Å². The van der Waals surface area contributed by atoms with Crippen molar-refractivity contribution in [3.8, 4) is 0 Å². The summed E-state index contributed by atoms with van der Waals surface area (Å²) in [6, 6.07) is 5.69. The Kier molecular flexibility index (Phi) is 4.37. The van der Waals surface area contributed by atoms with E-state index >= 15 is 0 Å². The van der Waals surface area contributed by atoms with Crippen molar-refractivity contribution in [2.75, 3.05) is 32.0 Å². The van der Waals surface area contributed by atoms with Crippen molar-refractivity contribution in [3.05, 3.63) is 28.2 Å². The van der Waals surface area contributed by atoms with Gasteiger partial charge in [-0.15, -0.1) is 0 Å². The molecule has 1 unspecified atom stereocenters. The van der Waals surface area contributed by atoms with Crippen molar-refractivity contribution in [2.45, 2.75) is 13.0 Å². The van der Waals surface area contributed by atoms with Gasteiger partial charge in [-0.25, -0.2) is 0 Å². The number of aryl methyl sites for hydroxylation is 1. The Hall–Kier alpha value is -0.910. The number of nitrogens with zero attached hydrogens (tertiary/aromatic N) is 1. The molecule has 1 aliphatic rings. The Labute approximate surface area is 116 Å². The highest BCUT2D eigenvalue weighted by molar-refractivity contribution is 9.10. The van der Waals surface area contributed by atoms with Crippen LogP contribution >= 0.6 is 15.9 Å². The zero-order valence-corrected chi connectivity index (χ0v) is 12.3. The first-order valence-corrected chi connectivity index (χ1v) is 6.84. The molecule has 4 nitrogen and oxygen atoms in total. The fraction of sp³-hybridized carbons (Fsp3) is 0.462. The van der Waals surface area contributed by atoms with Crippen LogP contribution in [0.25, 0.3) is 0 Å². The molecule has 1 amide bonds. The Bertz CT molecular complexity index is 450. The van der Waals surface area contributed by atoms with Crippen LogP contribution in [0.4, 0.5) is 5.69 Å². The van der Waals surface area contributed by atoms with Gasteiger partial charge in [0.05, 0.1) is 6.04 Å². The lowest BCUT2D eigenvalue weighted by atomic mass is 10.2. The van der Waals surface area contributed by atoms with E-state index < -0.39 is 0 Å². The molecule has 2 rings (SSSR count). The first kappa shape index (κ1) is 13.5. The second-order valence-electron chi connectivity index (χ2n) is 4.72. The number of likely N-dealkylation sites (N-methyl/N-ethyl adjacent to an activating group) is 1. The van der Waals surface area contributed by atoms with Crippen molar-refractivity contribution >= 4 is 27.5 Å². The maximum Gasteiger partial charge on any atom is 0.242 e. The molecule has 98 valence electrons. The van der Waals surface area contributed by atoms with E-state index in [2.05, 4.69) is 31.5 Å². The molecule has 0 aliphatic carbocycles. The van der Waals surface area contributed by atoms with Crippen molar-refractivity contribution < 1.29 is 4.79 Å². The van der Waals surface area contributed by atoms with Crippen LogP contribution in [0.2, 0.25) is 0 Å². The summed E-state index contributed by atoms with van der Waals surface area (Å²) < 4.78 is 1.05. The minimum absolute atomic E-state index is 0.0308. The molecule has 0 bridgehead atoms. The number of halogens is 1. The number of carbonyl (C=O) groups excluding carboxylic acids is 1. The number of amides is 1.